The SMILES string of the molecule is Fc1cc(F)cc(/C=C(/CCl)C2CCCCC2)c1. The Balaban J connectivity index is 2.22. The van der Waals surface area contributed by atoms with E-state index in [-0.39, 0.29) is 0 Å². The predicted molar refractivity (Wildman–Crippen MR) is 71.6 cm³/mol. The lowest BCUT2D eigenvalue weighted by Gasteiger charge is -2.23. The molecule has 1 aromatic rings. The van der Waals surface area contributed by atoms with Gasteiger partial charge in [0, 0.05) is 11.9 Å². The molecule has 0 unspecified atom stereocenters. The van der Waals surface area contributed by atoms with Gasteiger partial charge in [-0.15, -0.1) is 11.6 Å². The molecule has 0 atom stereocenters. The molecule has 0 heterocycles. The van der Waals surface area contributed by atoms with Gasteiger partial charge < -0.3 is 0 Å². The molecular formula is C15H17ClF2. The van der Waals surface area contributed by atoms with Gasteiger partial charge in [-0.1, -0.05) is 30.9 Å². The van der Waals surface area contributed by atoms with Crippen molar-refractivity contribution in [2.24, 2.45) is 5.92 Å². The molecule has 18 heavy (non-hydrogen) atoms. The van der Waals surface area contributed by atoms with Gasteiger partial charge in [-0.05, 0) is 36.5 Å². The van der Waals surface area contributed by atoms with Crippen molar-refractivity contribution in [3.63, 3.8) is 0 Å². The second-order valence-corrected chi connectivity index (χ2v) is 5.16. The van der Waals surface area contributed by atoms with Crippen LogP contribution in [0.15, 0.2) is 23.8 Å². The van der Waals surface area contributed by atoms with Crippen molar-refractivity contribution in [2.45, 2.75) is 32.1 Å². The monoisotopic (exact) mass is 270 g/mol. The summed E-state index contributed by atoms with van der Waals surface area (Å²) in [6.07, 6.45) is 7.83. The number of allylic oxidation sites excluding steroid dienone is 1. The Bertz CT molecular complexity index is 414. The van der Waals surface area contributed by atoms with Gasteiger partial charge in [-0.25, -0.2) is 8.78 Å². The van der Waals surface area contributed by atoms with Gasteiger partial charge in [0.2, 0.25) is 0 Å². The van der Waals surface area contributed by atoms with E-state index in [0.29, 0.717) is 17.4 Å². The summed E-state index contributed by atoms with van der Waals surface area (Å²) in [6, 6.07) is 3.58. The first-order valence-electron chi connectivity index (χ1n) is 6.41. The highest BCUT2D eigenvalue weighted by molar-refractivity contribution is 6.19. The van der Waals surface area contributed by atoms with Crippen LogP contribution in [0.4, 0.5) is 8.78 Å². The van der Waals surface area contributed by atoms with Crippen LogP contribution >= 0.6 is 11.6 Å². The van der Waals surface area contributed by atoms with Crippen LogP contribution in [-0.2, 0) is 0 Å². The topological polar surface area (TPSA) is 0 Å². The Morgan fingerprint density at radius 3 is 2.28 bits per heavy atom. The summed E-state index contributed by atoms with van der Waals surface area (Å²) in [5.74, 6) is -0.178. The molecule has 0 saturated heterocycles. The van der Waals surface area contributed by atoms with Crippen molar-refractivity contribution < 1.29 is 8.78 Å². The molecule has 98 valence electrons. The maximum Gasteiger partial charge on any atom is 0.126 e. The second kappa shape index (κ2) is 6.33. The Morgan fingerprint density at radius 1 is 1.11 bits per heavy atom. The zero-order valence-electron chi connectivity index (χ0n) is 10.3. The van der Waals surface area contributed by atoms with Crippen molar-refractivity contribution in [2.75, 3.05) is 5.88 Å². The van der Waals surface area contributed by atoms with E-state index in [1.807, 2.05) is 6.08 Å². The van der Waals surface area contributed by atoms with Crippen molar-refractivity contribution in [3.05, 3.63) is 41.0 Å². The van der Waals surface area contributed by atoms with E-state index in [9.17, 15) is 8.78 Å². The van der Waals surface area contributed by atoms with Crippen LogP contribution in [-0.4, -0.2) is 5.88 Å². The smallest absolute Gasteiger partial charge is 0.126 e. The molecule has 1 aromatic carbocycles. The largest absolute Gasteiger partial charge is 0.207 e. The predicted octanol–water partition coefficient (Wildman–Crippen LogP) is 5.17. The second-order valence-electron chi connectivity index (χ2n) is 4.89. The standard InChI is InChI=1S/C15H17ClF2/c16-10-13(12-4-2-1-3-5-12)6-11-7-14(17)9-15(18)8-11/h6-9,12H,1-5,10H2/b13-6-. The zero-order valence-corrected chi connectivity index (χ0v) is 11.0. The van der Waals surface area contributed by atoms with Crippen LogP contribution in [0.5, 0.6) is 0 Å². The fourth-order valence-electron chi connectivity index (χ4n) is 2.61. The number of halogens is 3. The van der Waals surface area contributed by atoms with E-state index in [0.717, 1.165) is 24.5 Å². The molecule has 0 radical (unpaired) electrons. The summed E-state index contributed by atoms with van der Waals surface area (Å²) in [5, 5.41) is 0. The molecule has 0 nitrogen and oxygen atoms in total. The molecular weight excluding hydrogens is 254 g/mol. The van der Waals surface area contributed by atoms with E-state index in [1.54, 1.807) is 0 Å². The van der Waals surface area contributed by atoms with Gasteiger partial charge in [0.1, 0.15) is 11.6 Å². The van der Waals surface area contributed by atoms with Gasteiger partial charge >= 0.3 is 0 Å². The van der Waals surface area contributed by atoms with E-state index < -0.39 is 11.6 Å². The average molecular weight is 271 g/mol. The number of rotatable bonds is 3. The Morgan fingerprint density at radius 2 is 1.72 bits per heavy atom. The lowest BCUT2D eigenvalue weighted by Crippen LogP contribution is -2.10. The fraction of sp³-hybridized carbons (Fsp3) is 0.467. The first-order valence-corrected chi connectivity index (χ1v) is 6.95. The average Bonchev–Trinajstić information content (AvgIpc) is 2.36. The molecule has 3 heteroatoms. The molecule has 1 saturated carbocycles. The summed E-state index contributed by atoms with van der Waals surface area (Å²) in [6.45, 7) is 0. The quantitative estimate of drug-likeness (QED) is 0.665. The first-order chi connectivity index (χ1) is 8.69. The molecule has 2 rings (SSSR count). The van der Waals surface area contributed by atoms with Gasteiger partial charge in [-0.2, -0.15) is 0 Å². The highest BCUT2D eigenvalue weighted by Gasteiger charge is 2.17. The van der Waals surface area contributed by atoms with Gasteiger partial charge in [0.15, 0.2) is 0 Å². The molecule has 0 N–H and O–H groups in total. The Hall–Kier alpha value is -0.890. The van der Waals surface area contributed by atoms with Gasteiger partial charge in [-0.3, -0.25) is 0 Å². The van der Waals surface area contributed by atoms with E-state index in [4.69, 9.17) is 11.6 Å². The van der Waals surface area contributed by atoms with Crippen molar-refractivity contribution in [1.29, 1.82) is 0 Å². The summed E-state index contributed by atoms with van der Waals surface area (Å²) in [7, 11) is 0. The summed E-state index contributed by atoms with van der Waals surface area (Å²) in [4.78, 5) is 0. The van der Waals surface area contributed by atoms with Crippen LogP contribution in [0.3, 0.4) is 0 Å². The van der Waals surface area contributed by atoms with Gasteiger partial charge in [0.25, 0.3) is 0 Å². The minimum absolute atomic E-state index is 0.433. The zero-order chi connectivity index (χ0) is 13.0. The molecule has 1 fully saturated rings. The lowest BCUT2D eigenvalue weighted by atomic mass is 9.83. The molecule has 1 aliphatic carbocycles. The van der Waals surface area contributed by atoms with E-state index >= 15 is 0 Å². The summed E-state index contributed by atoms with van der Waals surface area (Å²) in [5.41, 5.74) is 1.66. The number of alkyl halides is 1. The molecule has 0 aromatic heterocycles. The molecule has 0 spiro atoms. The number of benzene rings is 1. The Kier molecular flexibility index (Phi) is 4.76. The third kappa shape index (κ3) is 3.55. The van der Waals surface area contributed by atoms with Crippen LogP contribution in [0.25, 0.3) is 6.08 Å². The lowest BCUT2D eigenvalue weighted by molar-refractivity contribution is 0.405. The Labute approximate surface area is 112 Å². The summed E-state index contributed by atoms with van der Waals surface area (Å²) >= 11 is 5.97. The normalized spacial score (nSPS) is 18.1. The number of hydrogen-bond donors (Lipinski definition) is 0. The highest BCUT2D eigenvalue weighted by Crippen LogP contribution is 2.31. The number of hydrogen-bond acceptors (Lipinski definition) is 0. The van der Waals surface area contributed by atoms with Crippen LogP contribution < -0.4 is 0 Å². The van der Waals surface area contributed by atoms with Crippen molar-refractivity contribution in [3.8, 4) is 0 Å². The third-order valence-corrected chi connectivity index (χ3v) is 3.83. The van der Waals surface area contributed by atoms with Crippen LogP contribution in [0.1, 0.15) is 37.7 Å². The van der Waals surface area contributed by atoms with E-state index in [2.05, 4.69) is 0 Å². The molecule has 0 bridgehead atoms. The van der Waals surface area contributed by atoms with E-state index in [1.165, 1.54) is 31.4 Å². The third-order valence-electron chi connectivity index (χ3n) is 3.52. The van der Waals surface area contributed by atoms with Crippen molar-refractivity contribution >= 4 is 17.7 Å². The maximum absolute atomic E-state index is 13.1. The first kappa shape index (κ1) is 13.5. The minimum atomic E-state index is -0.543. The highest BCUT2D eigenvalue weighted by atomic mass is 35.5. The minimum Gasteiger partial charge on any atom is -0.207 e. The molecule has 0 aliphatic heterocycles. The summed E-state index contributed by atoms with van der Waals surface area (Å²) < 4.78 is 26.2. The molecule has 1 aliphatic rings. The fourth-order valence-corrected chi connectivity index (χ4v) is 2.91. The maximum atomic E-state index is 13.1. The van der Waals surface area contributed by atoms with Crippen LogP contribution in [0.2, 0.25) is 0 Å². The molecule has 0 amide bonds. The van der Waals surface area contributed by atoms with Crippen molar-refractivity contribution in [1.82, 2.24) is 0 Å². The van der Waals surface area contributed by atoms with Gasteiger partial charge in [0.05, 0.1) is 0 Å². The van der Waals surface area contributed by atoms with Crippen LogP contribution in [0, 0.1) is 17.6 Å².